The first-order valence-corrected chi connectivity index (χ1v) is 6.17. The quantitative estimate of drug-likeness (QED) is 0.802. The largest absolute Gasteiger partial charge is 0.399 e. The van der Waals surface area contributed by atoms with E-state index >= 15 is 0 Å². The van der Waals surface area contributed by atoms with Crippen LogP contribution in [0.15, 0.2) is 34.9 Å². The van der Waals surface area contributed by atoms with E-state index in [-0.39, 0.29) is 5.91 Å². The van der Waals surface area contributed by atoms with Crippen LogP contribution < -0.4 is 11.1 Å². The van der Waals surface area contributed by atoms with E-state index in [1.807, 2.05) is 31.2 Å². The number of rotatable bonds is 5. The third-order valence-electron chi connectivity index (χ3n) is 2.81. The third kappa shape index (κ3) is 3.84. The van der Waals surface area contributed by atoms with E-state index in [1.54, 1.807) is 6.07 Å². The Kier molecular flexibility index (Phi) is 4.18. The van der Waals surface area contributed by atoms with Crippen molar-refractivity contribution in [3.05, 3.63) is 47.3 Å². The average molecular weight is 259 g/mol. The van der Waals surface area contributed by atoms with Gasteiger partial charge >= 0.3 is 0 Å². The summed E-state index contributed by atoms with van der Waals surface area (Å²) in [6.07, 6.45) is 1.04. The maximum absolute atomic E-state index is 11.7. The van der Waals surface area contributed by atoms with Gasteiger partial charge in [0, 0.05) is 18.2 Å². The molecule has 5 nitrogen and oxygen atoms in total. The molecule has 2 aromatic rings. The van der Waals surface area contributed by atoms with Gasteiger partial charge < -0.3 is 15.6 Å². The molecule has 0 atom stereocenters. The number of hydrogen-bond donors (Lipinski definition) is 2. The van der Waals surface area contributed by atoms with Crippen LogP contribution in [0.1, 0.15) is 23.4 Å². The van der Waals surface area contributed by atoms with Crippen LogP contribution in [-0.2, 0) is 17.8 Å². The smallest absolute Gasteiger partial charge is 0.220 e. The Labute approximate surface area is 111 Å². The van der Waals surface area contributed by atoms with E-state index in [2.05, 4.69) is 10.5 Å². The van der Waals surface area contributed by atoms with Crippen LogP contribution in [0.25, 0.3) is 0 Å². The third-order valence-corrected chi connectivity index (χ3v) is 2.81. The number of nitrogens with two attached hydrogens (primary N) is 1. The van der Waals surface area contributed by atoms with E-state index < -0.39 is 0 Å². The van der Waals surface area contributed by atoms with Crippen molar-refractivity contribution in [3.63, 3.8) is 0 Å². The fourth-order valence-electron chi connectivity index (χ4n) is 1.78. The highest BCUT2D eigenvalue weighted by Gasteiger charge is 2.06. The lowest BCUT2D eigenvalue weighted by Crippen LogP contribution is -2.22. The van der Waals surface area contributed by atoms with Crippen LogP contribution in [0.3, 0.4) is 0 Å². The summed E-state index contributed by atoms with van der Waals surface area (Å²) in [7, 11) is 0. The number of nitrogens with zero attached hydrogens (tertiary/aromatic N) is 1. The molecule has 0 saturated heterocycles. The number of aryl methyl sites for hydroxylation is 2. The minimum absolute atomic E-state index is 0.0303. The fraction of sp³-hybridized carbons (Fsp3) is 0.286. The van der Waals surface area contributed by atoms with Gasteiger partial charge in [-0.25, -0.2) is 0 Å². The van der Waals surface area contributed by atoms with Gasteiger partial charge in [-0.2, -0.15) is 0 Å². The first kappa shape index (κ1) is 13.1. The summed E-state index contributed by atoms with van der Waals surface area (Å²) in [4.78, 5) is 11.7. The molecule has 19 heavy (non-hydrogen) atoms. The number of nitrogen functional groups attached to an aromatic ring is 1. The van der Waals surface area contributed by atoms with Gasteiger partial charge in [0.25, 0.3) is 0 Å². The molecule has 0 fully saturated rings. The summed E-state index contributed by atoms with van der Waals surface area (Å²) < 4.78 is 5.01. The van der Waals surface area contributed by atoms with Crippen molar-refractivity contribution in [2.75, 3.05) is 5.73 Å². The van der Waals surface area contributed by atoms with Gasteiger partial charge in [0.1, 0.15) is 0 Å². The molecular formula is C14H17N3O2. The lowest BCUT2D eigenvalue weighted by molar-refractivity contribution is -0.121. The van der Waals surface area contributed by atoms with Crippen molar-refractivity contribution >= 4 is 11.6 Å². The van der Waals surface area contributed by atoms with Gasteiger partial charge in [-0.15, -0.1) is 0 Å². The average Bonchev–Trinajstić information content (AvgIpc) is 2.81. The number of amides is 1. The monoisotopic (exact) mass is 259 g/mol. The van der Waals surface area contributed by atoms with Gasteiger partial charge in [-0.05, 0) is 25.0 Å². The van der Waals surface area contributed by atoms with Gasteiger partial charge in [0.05, 0.1) is 12.2 Å². The Morgan fingerprint density at radius 1 is 1.42 bits per heavy atom. The second kappa shape index (κ2) is 6.04. The molecule has 2 rings (SSSR count). The van der Waals surface area contributed by atoms with E-state index in [0.29, 0.717) is 25.1 Å². The van der Waals surface area contributed by atoms with Crippen molar-refractivity contribution in [2.45, 2.75) is 26.3 Å². The first-order valence-electron chi connectivity index (χ1n) is 6.17. The van der Waals surface area contributed by atoms with Crippen molar-refractivity contribution in [1.29, 1.82) is 0 Å². The van der Waals surface area contributed by atoms with Crippen LogP contribution in [0.2, 0.25) is 0 Å². The van der Waals surface area contributed by atoms with Crippen LogP contribution in [0, 0.1) is 6.92 Å². The predicted molar refractivity (Wildman–Crippen MR) is 72.3 cm³/mol. The molecule has 100 valence electrons. The summed E-state index contributed by atoms with van der Waals surface area (Å²) in [5.74, 6) is 0.627. The molecule has 0 aliphatic carbocycles. The second-order valence-electron chi connectivity index (χ2n) is 4.41. The lowest BCUT2D eigenvalue weighted by atomic mass is 10.1. The summed E-state index contributed by atoms with van der Waals surface area (Å²) in [6.45, 7) is 2.21. The molecule has 0 unspecified atom stereocenters. The molecule has 1 amide bonds. The molecule has 3 N–H and O–H groups in total. The number of aromatic nitrogens is 1. The van der Waals surface area contributed by atoms with Crippen molar-refractivity contribution in [3.8, 4) is 0 Å². The summed E-state index contributed by atoms with van der Waals surface area (Å²) in [5.41, 5.74) is 8.34. The molecule has 0 aliphatic rings. The highest BCUT2D eigenvalue weighted by molar-refractivity contribution is 5.76. The Morgan fingerprint density at radius 2 is 2.21 bits per heavy atom. The van der Waals surface area contributed by atoms with Gasteiger partial charge in [-0.3, -0.25) is 4.79 Å². The number of benzene rings is 1. The second-order valence-corrected chi connectivity index (χ2v) is 4.41. The maximum Gasteiger partial charge on any atom is 0.220 e. The van der Waals surface area contributed by atoms with Gasteiger partial charge in [-0.1, -0.05) is 23.4 Å². The van der Waals surface area contributed by atoms with Crippen molar-refractivity contribution < 1.29 is 9.32 Å². The molecule has 5 heteroatoms. The van der Waals surface area contributed by atoms with Gasteiger partial charge in [0.2, 0.25) is 5.91 Å². The fourth-order valence-corrected chi connectivity index (χ4v) is 1.78. The van der Waals surface area contributed by atoms with E-state index in [9.17, 15) is 4.79 Å². The van der Waals surface area contributed by atoms with E-state index in [0.717, 1.165) is 16.9 Å². The Hall–Kier alpha value is -2.30. The highest BCUT2D eigenvalue weighted by Crippen LogP contribution is 2.12. The number of anilines is 1. The molecule has 0 radical (unpaired) electrons. The zero-order valence-electron chi connectivity index (χ0n) is 10.8. The number of para-hydroxylation sites is 1. The van der Waals surface area contributed by atoms with Crippen LogP contribution in [0.4, 0.5) is 5.69 Å². The van der Waals surface area contributed by atoms with Crippen molar-refractivity contribution in [1.82, 2.24) is 10.5 Å². The number of nitrogens with one attached hydrogen (secondary N) is 1. The Bertz CT molecular complexity index is 563. The molecular weight excluding hydrogens is 242 g/mol. The number of hydrogen-bond acceptors (Lipinski definition) is 4. The molecule has 1 aromatic heterocycles. The number of carbonyl (C=O) groups excluding carboxylic acids is 1. The summed E-state index contributed by atoms with van der Waals surface area (Å²) >= 11 is 0. The van der Waals surface area contributed by atoms with Crippen LogP contribution in [0.5, 0.6) is 0 Å². The molecule has 0 aliphatic heterocycles. The van der Waals surface area contributed by atoms with E-state index in [4.69, 9.17) is 10.3 Å². The minimum Gasteiger partial charge on any atom is -0.399 e. The topological polar surface area (TPSA) is 81.2 Å². The molecule has 0 spiro atoms. The van der Waals surface area contributed by atoms with Crippen LogP contribution in [-0.4, -0.2) is 11.1 Å². The molecule has 0 saturated carbocycles. The van der Waals surface area contributed by atoms with Gasteiger partial charge in [0.15, 0.2) is 5.76 Å². The normalized spacial score (nSPS) is 10.4. The highest BCUT2D eigenvalue weighted by atomic mass is 16.5. The standard InChI is InChI=1S/C14H17N3O2/c1-10-8-12(19-17-10)9-16-14(18)7-6-11-4-2-3-5-13(11)15/h2-5,8H,6-7,9,15H2,1H3,(H,16,18). The predicted octanol–water partition coefficient (Wildman–Crippen LogP) is 1.81. The molecule has 0 bridgehead atoms. The minimum atomic E-state index is -0.0303. The maximum atomic E-state index is 11.7. The first-order chi connectivity index (χ1) is 9.15. The zero-order valence-corrected chi connectivity index (χ0v) is 10.8. The SMILES string of the molecule is Cc1cc(CNC(=O)CCc2ccccc2N)on1. The Balaban J connectivity index is 1.77. The molecule has 1 heterocycles. The summed E-state index contributed by atoms with van der Waals surface area (Å²) in [5, 5.41) is 6.55. The molecule has 1 aromatic carbocycles. The van der Waals surface area contributed by atoms with Crippen LogP contribution >= 0.6 is 0 Å². The zero-order chi connectivity index (χ0) is 13.7. The van der Waals surface area contributed by atoms with E-state index in [1.165, 1.54) is 0 Å². The number of carbonyl (C=O) groups is 1. The van der Waals surface area contributed by atoms with Crippen molar-refractivity contribution in [2.24, 2.45) is 0 Å². The Morgan fingerprint density at radius 3 is 2.89 bits per heavy atom. The summed E-state index contributed by atoms with van der Waals surface area (Å²) in [6, 6.07) is 9.37. The lowest BCUT2D eigenvalue weighted by Gasteiger charge is -2.05.